The van der Waals surface area contributed by atoms with Crippen molar-refractivity contribution in [3.8, 4) is 0 Å². The van der Waals surface area contributed by atoms with Crippen molar-refractivity contribution in [1.29, 1.82) is 0 Å². The molecule has 5 heteroatoms. The average molecular weight is 217 g/mol. The van der Waals surface area contributed by atoms with Crippen molar-refractivity contribution >= 4 is 5.82 Å². The van der Waals surface area contributed by atoms with Gasteiger partial charge in [-0.3, -0.25) is 4.90 Å². The van der Waals surface area contributed by atoms with Crippen LogP contribution in [0.3, 0.4) is 0 Å². The number of hydrogen-bond donors (Lipinski definition) is 2. The van der Waals surface area contributed by atoms with Crippen molar-refractivity contribution < 1.29 is 0 Å². The summed E-state index contributed by atoms with van der Waals surface area (Å²) in [5, 5.41) is 0. The molecule has 3 N–H and O–H groups in total. The molecule has 0 radical (unpaired) electrons. The number of nitrogens with one attached hydrogen (secondary N) is 1. The smallest absolute Gasteiger partial charge is 0.144 e. The lowest BCUT2D eigenvalue weighted by atomic mass is 10.4. The first kappa shape index (κ1) is 10.6. The van der Waals surface area contributed by atoms with E-state index in [2.05, 4.69) is 25.9 Å². The van der Waals surface area contributed by atoms with Gasteiger partial charge in [0.15, 0.2) is 0 Å². The number of aromatic nitrogens is 3. The maximum Gasteiger partial charge on any atom is 0.144 e. The molecular weight excluding hydrogens is 202 g/mol. The number of rotatable bonds is 4. The molecule has 0 aromatic carbocycles. The van der Waals surface area contributed by atoms with Gasteiger partial charge in [-0.2, -0.15) is 0 Å². The van der Waals surface area contributed by atoms with Crippen LogP contribution in [0.15, 0.2) is 30.6 Å². The lowest BCUT2D eigenvalue weighted by Gasteiger charge is -2.14. The minimum Gasteiger partial charge on any atom is -0.384 e. The van der Waals surface area contributed by atoms with Crippen LogP contribution < -0.4 is 5.73 Å². The largest absolute Gasteiger partial charge is 0.384 e. The van der Waals surface area contributed by atoms with Gasteiger partial charge >= 0.3 is 0 Å². The molecule has 0 atom stereocenters. The molecule has 0 fully saturated rings. The molecule has 2 rings (SSSR count). The predicted molar refractivity (Wildman–Crippen MR) is 62.4 cm³/mol. The molecule has 5 nitrogen and oxygen atoms in total. The number of nitrogens with two attached hydrogens (primary N) is 1. The summed E-state index contributed by atoms with van der Waals surface area (Å²) in [7, 11) is 2.02. The fraction of sp³-hybridized carbons (Fsp3) is 0.273. The monoisotopic (exact) mass is 217 g/mol. The highest BCUT2D eigenvalue weighted by Crippen LogP contribution is 2.04. The van der Waals surface area contributed by atoms with E-state index in [4.69, 9.17) is 5.73 Å². The van der Waals surface area contributed by atoms with Gasteiger partial charge in [-0.1, -0.05) is 0 Å². The summed E-state index contributed by atoms with van der Waals surface area (Å²) in [5.74, 6) is 1.26. The highest BCUT2D eigenvalue weighted by Gasteiger charge is 2.04. The quantitative estimate of drug-likeness (QED) is 0.802. The van der Waals surface area contributed by atoms with Gasteiger partial charge in [-0.15, -0.1) is 0 Å². The van der Waals surface area contributed by atoms with Crippen LogP contribution in [0.1, 0.15) is 11.5 Å². The third-order valence-corrected chi connectivity index (χ3v) is 2.24. The van der Waals surface area contributed by atoms with Crippen LogP contribution in [0, 0.1) is 0 Å². The summed E-state index contributed by atoms with van der Waals surface area (Å²) in [5.41, 5.74) is 6.77. The second kappa shape index (κ2) is 4.76. The topological polar surface area (TPSA) is 70.8 Å². The van der Waals surface area contributed by atoms with Crippen molar-refractivity contribution in [2.45, 2.75) is 13.1 Å². The summed E-state index contributed by atoms with van der Waals surface area (Å²) in [4.78, 5) is 13.6. The Morgan fingerprint density at radius 3 is 2.94 bits per heavy atom. The Morgan fingerprint density at radius 2 is 2.25 bits per heavy atom. The van der Waals surface area contributed by atoms with Gasteiger partial charge in [0.2, 0.25) is 0 Å². The minimum atomic E-state index is 0.512. The molecular formula is C11H15N5. The first-order valence-corrected chi connectivity index (χ1v) is 5.12. The van der Waals surface area contributed by atoms with Crippen molar-refractivity contribution in [3.05, 3.63) is 42.1 Å². The molecule has 16 heavy (non-hydrogen) atoms. The van der Waals surface area contributed by atoms with Crippen LogP contribution in [0.4, 0.5) is 5.82 Å². The molecule has 0 aliphatic heterocycles. The first-order valence-electron chi connectivity index (χ1n) is 5.12. The molecule has 0 bridgehead atoms. The minimum absolute atomic E-state index is 0.512. The molecule has 2 heterocycles. The van der Waals surface area contributed by atoms with Gasteiger partial charge in [0.25, 0.3) is 0 Å². The van der Waals surface area contributed by atoms with Gasteiger partial charge in [0, 0.05) is 24.6 Å². The Morgan fingerprint density at radius 1 is 1.38 bits per heavy atom. The Hall–Kier alpha value is -1.88. The van der Waals surface area contributed by atoms with Crippen LogP contribution >= 0.6 is 0 Å². The fourth-order valence-electron chi connectivity index (χ4n) is 1.55. The van der Waals surface area contributed by atoms with E-state index in [0.717, 1.165) is 12.4 Å². The second-order valence-electron chi connectivity index (χ2n) is 3.77. The number of H-pyrrole nitrogens is 1. The second-order valence-corrected chi connectivity index (χ2v) is 3.77. The Kier molecular flexibility index (Phi) is 3.16. The highest BCUT2D eigenvalue weighted by molar-refractivity contribution is 5.24. The van der Waals surface area contributed by atoms with E-state index in [9.17, 15) is 0 Å². The number of nitrogen functional groups attached to an aromatic ring is 1. The normalized spacial score (nSPS) is 10.9. The molecule has 2 aromatic rings. The highest BCUT2D eigenvalue weighted by atomic mass is 15.1. The summed E-state index contributed by atoms with van der Waals surface area (Å²) >= 11 is 0. The zero-order chi connectivity index (χ0) is 11.4. The van der Waals surface area contributed by atoms with Crippen LogP contribution in [-0.4, -0.2) is 26.9 Å². The van der Waals surface area contributed by atoms with Crippen molar-refractivity contribution in [2.24, 2.45) is 0 Å². The molecule has 0 saturated carbocycles. The Bertz CT molecular complexity index is 437. The van der Waals surface area contributed by atoms with E-state index in [1.807, 2.05) is 19.3 Å². The van der Waals surface area contributed by atoms with E-state index in [1.165, 1.54) is 5.69 Å². The maximum atomic E-state index is 5.59. The molecule has 0 saturated heterocycles. The van der Waals surface area contributed by atoms with E-state index in [-0.39, 0.29) is 0 Å². The van der Waals surface area contributed by atoms with Crippen LogP contribution in [0.25, 0.3) is 0 Å². The van der Waals surface area contributed by atoms with E-state index in [0.29, 0.717) is 12.4 Å². The number of hydrogen-bond acceptors (Lipinski definition) is 4. The molecule has 0 aliphatic carbocycles. The number of aromatic amines is 1. The van der Waals surface area contributed by atoms with E-state index >= 15 is 0 Å². The van der Waals surface area contributed by atoms with Gasteiger partial charge in [0.05, 0.1) is 6.54 Å². The van der Waals surface area contributed by atoms with Gasteiger partial charge in [-0.05, 0) is 25.2 Å². The summed E-state index contributed by atoms with van der Waals surface area (Å²) in [6.07, 6.45) is 3.60. The molecule has 0 spiro atoms. The van der Waals surface area contributed by atoms with E-state index < -0.39 is 0 Å². The lowest BCUT2D eigenvalue weighted by Crippen LogP contribution is -2.19. The molecule has 0 aliphatic rings. The summed E-state index contributed by atoms with van der Waals surface area (Å²) in [6, 6.07) is 5.73. The van der Waals surface area contributed by atoms with Crippen molar-refractivity contribution in [3.63, 3.8) is 0 Å². The third-order valence-electron chi connectivity index (χ3n) is 2.24. The van der Waals surface area contributed by atoms with Crippen LogP contribution in [0.2, 0.25) is 0 Å². The lowest BCUT2D eigenvalue weighted by molar-refractivity contribution is 0.307. The van der Waals surface area contributed by atoms with Gasteiger partial charge in [0.1, 0.15) is 11.6 Å². The molecule has 2 aromatic heterocycles. The Balaban J connectivity index is 1.94. The third kappa shape index (κ3) is 2.80. The van der Waals surface area contributed by atoms with Crippen molar-refractivity contribution in [1.82, 2.24) is 19.9 Å². The SMILES string of the molecule is CN(Cc1nccc(N)n1)Cc1ccc[nH]1. The van der Waals surface area contributed by atoms with Gasteiger partial charge in [-0.25, -0.2) is 9.97 Å². The molecule has 0 unspecified atom stereocenters. The fourth-order valence-corrected chi connectivity index (χ4v) is 1.55. The standard InChI is InChI=1S/C11H15N5/c1-16(7-9-3-2-5-13-9)8-11-14-6-4-10(12)15-11/h2-6,13H,7-8H2,1H3,(H2,12,14,15). The van der Waals surface area contributed by atoms with Crippen LogP contribution in [-0.2, 0) is 13.1 Å². The van der Waals surface area contributed by atoms with Crippen molar-refractivity contribution in [2.75, 3.05) is 12.8 Å². The van der Waals surface area contributed by atoms with Crippen LogP contribution in [0.5, 0.6) is 0 Å². The number of anilines is 1. The number of nitrogens with zero attached hydrogens (tertiary/aromatic N) is 3. The predicted octanol–water partition coefficient (Wildman–Crippen LogP) is 1.02. The zero-order valence-electron chi connectivity index (χ0n) is 9.22. The Labute approximate surface area is 94.3 Å². The zero-order valence-corrected chi connectivity index (χ0v) is 9.22. The van der Waals surface area contributed by atoms with Gasteiger partial charge < -0.3 is 10.7 Å². The summed E-state index contributed by atoms with van der Waals surface area (Å²) in [6.45, 7) is 1.52. The molecule has 84 valence electrons. The summed E-state index contributed by atoms with van der Waals surface area (Å²) < 4.78 is 0. The van der Waals surface area contributed by atoms with E-state index in [1.54, 1.807) is 12.3 Å². The average Bonchev–Trinajstić information content (AvgIpc) is 2.70. The molecule has 0 amide bonds. The maximum absolute atomic E-state index is 5.59. The first-order chi connectivity index (χ1) is 7.74.